The number of rotatable bonds is 8. The van der Waals surface area contributed by atoms with Crippen molar-refractivity contribution in [3.05, 3.63) is 76.8 Å². The van der Waals surface area contributed by atoms with Gasteiger partial charge in [-0.1, -0.05) is 55.0 Å². The van der Waals surface area contributed by atoms with Gasteiger partial charge in [-0.05, 0) is 49.4 Å². The van der Waals surface area contributed by atoms with Crippen LogP contribution in [-0.4, -0.2) is 16.0 Å². The lowest BCUT2D eigenvalue weighted by atomic mass is 10.00. The second-order valence-electron chi connectivity index (χ2n) is 7.61. The Morgan fingerprint density at radius 2 is 1.93 bits per heavy atom. The van der Waals surface area contributed by atoms with E-state index in [4.69, 9.17) is 4.52 Å². The Balaban J connectivity index is 1.65. The first-order chi connectivity index (χ1) is 13.9. The van der Waals surface area contributed by atoms with E-state index in [1.54, 1.807) is 18.3 Å². The van der Waals surface area contributed by atoms with Gasteiger partial charge in [-0.2, -0.15) is 0 Å². The molecule has 0 bridgehead atoms. The number of aromatic nitrogens is 2. The van der Waals surface area contributed by atoms with Crippen molar-refractivity contribution < 1.29 is 9.32 Å². The number of hydrogen-bond donors (Lipinski definition) is 1. The van der Waals surface area contributed by atoms with Gasteiger partial charge in [0.25, 0.3) is 5.91 Å². The summed E-state index contributed by atoms with van der Waals surface area (Å²) < 4.78 is 5.10. The molecule has 3 aromatic rings. The molecule has 5 nitrogen and oxygen atoms in total. The van der Waals surface area contributed by atoms with Gasteiger partial charge in [-0.3, -0.25) is 4.79 Å². The number of carbonyl (C=O) groups excluding carboxylic acids is 1. The molecule has 0 aliphatic carbocycles. The van der Waals surface area contributed by atoms with Crippen LogP contribution in [-0.2, 0) is 12.2 Å². The summed E-state index contributed by atoms with van der Waals surface area (Å²) in [6.07, 6.45) is 2.76. The Hall–Kier alpha value is -2.60. The molecule has 1 amide bonds. The molecule has 1 atom stereocenters. The van der Waals surface area contributed by atoms with Crippen LogP contribution in [0.15, 0.2) is 58.2 Å². The van der Waals surface area contributed by atoms with Gasteiger partial charge < -0.3 is 9.84 Å². The van der Waals surface area contributed by atoms with E-state index in [2.05, 4.69) is 53.6 Å². The summed E-state index contributed by atoms with van der Waals surface area (Å²) in [6.45, 7) is 8.28. The van der Waals surface area contributed by atoms with E-state index in [9.17, 15) is 4.79 Å². The van der Waals surface area contributed by atoms with E-state index < -0.39 is 0 Å². The first kappa shape index (κ1) is 21.1. The number of nitrogens with zero attached hydrogens (tertiary/aromatic N) is 2. The Kier molecular flexibility index (Phi) is 7.09. The quantitative estimate of drug-likeness (QED) is 0.507. The number of carbonyl (C=O) groups is 1. The number of amides is 1. The molecule has 1 N–H and O–H groups in total. The largest absolute Gasteiger partial charge is 0.361 e. The fourth-order valence-corrected chi connectivity index (χ4v) is 3.95. The van der Waals surface area contributed by atoms with Gasteiger partial charge >= 0.3 is 0 Å². The van der Waals surface area contributed by atoms with Crippen LogP contribution in [0.1, 0.15) is 59.8 Å². The standard InChI is InChI=1S/C23H27N3O2S/c1-15(2)12-18-7-9-19(10-8-18)17(4)25-22(27)21-6-5-11-24-23(21)29-14-20-13-16(3)28-26-20/h5-11,13,15,17H,12,14H2,1-4H3,(H,25,27). The van der Waals surface area contributed by atoms with Crippen molar-refractivity contribution in [1.82, 2.24) is 15.5 Å². The van der Waals surface area contributed by atoms with E-state index >= 15 is 0 Å². The minimum Gasteiger partial charge on any atom is -0.361 e. The van der Waals surface area contributed by atoms with E-state index in [0.29, 0.717) is 22.3 Å². The maximum atomic E-state index is 12.9. The third-order valence-corrected chi connectivity index (χ3v) is 5.56. The minimum absolute atomic E-state index is 0.0909. The van der Waals surface area contributed by atoms with Crippen molar-refractivity contribution in [2.45, 2.75) is 50.9 Å². The van der Waals surface area contributed by atoms with Gasteiger partial charge in [0.05, 0.1) is 17.3 Å². The van der Waals surface area contributed by atoms with Crippen LogP contribution in [0.5, 0.6) is 0 Å². The van der Waals surface area contributed by atoms with Gasteiger partial charge in [0.15, 0.2) is 0 Å². The van der Waals surface area contributed by atoms with Crippen molar-refractivity contribution in [2.75, 3.05) is 0 Å². The van der Waals surface area contributed by atoms with E-state index in [-0.39, 0.29) is 11.9 Å². The summed E-state index contributed by atoms with van der Waals surface area (Å²) in [6, 6.07) is 13.9. The van der Waals surface area contributed by atoms with Gasteiger partial charge in [-0.15, -0.1) is 0 Å². The maximum absolute atomic E-state index is 12.9. The monoisotopic (exact) mass is 409 g/mol. The number of pyridine rings is 1. The number of aryl methyl sites for hydroxylation is 1. The second-order valence-corrected chi connectivity index (χ2v) is 8.57. The van der Waals surface area contributed by atoms with Gasteiger partial charge in [0, 0.05) is 18.0 Å². The van der Waals surface area contributed by atoms with Crippen LogP contribution in [0.3, 0.4) is 0 Å². The molecule has 1 unspecified atom stereocenters. The average Bonchev–Trinajstić information content (AvgIpc) is 3.12. The molecule has 0 spiro atoms. The highest BCUT2D eigenvalue weighted by Crippen LogP contribution is 2.25. The zero-order valence-corrected chi connectivity index (χ0v) is 18.1. The Morgan fingerprint density at radius 1 is 1.17 bits per heavy atom. The predicted octanol–water partition coefficient (Wildman–Crippen LogP) is 5.36. The van der Waals surface area contributed by atoms with Crippen LogP contribution in [0.25, 0.3) is 0 Å². The van der Waals surface area contributed by atoms with E-state index in [1.807, 2.05) is 19.9 Å². The molecule has 0 saturated heterocycles. The van der Waals surface area contributed by atoms with Crippen LogP contribution in [0, 0.1) is 12.8 Å². The molecular weight excluding hydrogens is 382 g/mol. The van der Waals surface area contributed by atoms with Crippen LogP contribution < -0.4 is 5.32 Å². The van der Waals surface area contributed by atoms with Crippen LogP contribution in [0.4, 0.5) is 0 Å². The number of thioether (sulfide) groups is 1. The first-order valence-corrected chi connectivity index (χ1v) is 10.8. The highest BCUT2D eigenvalue weighted by molar-refractivity contribution is 7.98. The summed E-state index contributed by atoms with van der Waals surface area (Å²) in [5.74, 6) is 1.87. The molecule has 152 valence electrons. The predicted molar refractivity (Wildman–Crippen MR) is 116 cm³/mol. The van der Waals surface area contributed by atoms with Crippen LogP contribution in [0.2, 0.25) is 0 Å². The number of benzene rings is 1. The zero-order valence-electron chi connectivity index (χ0n) is 17.3. The fourth-order valence-electron chi connectivity index (χ4n) is 3.08. The smallest absolute Gasteiger partial charge is 0.254 e. The van der Waals surface area contributed by atoms with Crippen molar-refractivity contribution in [3.63, 3.8) is 0 Å². The lowest BCUT2D eigenvalue weighted by Gasteiger charge is -2.16. The molecule has 0 aliphatic rings. The zero-order chi connectivity index (χ0) is 20.8. The molecule has 1 aromatic carbocycles. The molecule has 0 fully saturated rings. The summed E-state index contributed by atoms with van der Waals surface area (Å²) in [4.78, 5) is 17.3. The topological polar surface area (TPSA) is 68.0 Å². The Labute approximate surface area is 176 Å². The third-order valence-electron chi connectivity index (χ3n) is 4.52. The molecule has 6 heteroatoms. The Bertz CT molecular complexity index is 951. The van der Waals surface area contributed by atoms with Crippen molar-refractivity contribution in [1.29, 1.82) is 0 Å². The maximum Gasteiger partial charge on any atom is 0.254 e. The number of hydrogen-bond acceptors (Lipinski definition) is 5. The second kappa shape index (κ2) is 9.74. The molecule has 29 heavy (non-hydrogen) atoms. The first-order valence-electron chi connectivity index (χ1n) is 9.82. The van der Waals surface area contributed by atoms with Gasteiger partial charge in [-0.25, -0.2) is 4.98 Å². The molecule has 0 radical (unpaired) electrons. The molecule has 2 heterocycles. The third kappa shape index (κ3) is 5.94. The van der Waals surface area contributed by atoms with Gasteiger partial charge in [0.2, 0.25) is 0 Å². The van der Waals surface area contributed by atoms with Gasteiger partial charge in [0.1, 0.15) is 10.8 Å². The van der Waals surface area contributed by atoms with Crippen molar-refractivity contribution >= 4 is 17.7 Å². The summed E-state index contributed by atoms with van der Waals surface area (Å²) in [5, 5.41) is 7.77. The minimum atomic E-state index is -0.129. The summed E-state index contributed by atoms with van der Waals surface area (Å²) in [7, 11) is 0. The highest BCUT2D eigenvalue weighted by atomic mass is 32.2. The molecule has 3 rings (SSSR count). The molecule has 0 aliphatic heterocycles. The number of nitrogens with one attached hydrogen (secondary N) is 1. The molecule has 2 aromatic heterocycles. The Morgan fingerprint density at radius 3 is 2.59 bits per heavy atom. The summed E-state index contributed by atoms with van der Waals surface area (Å²) in [5.41, 5.74) is 3.80. The normalized spacial score (nSPS) is 12.2. The average molecular weight is 410 g/mol. The molecule has 0 saturated carbocycles. The van der Waals surface area contributed by atoms with E-state index in [0.717, 1.165) is 23.4 Å². The van der Waals surface area contributed by atoms with Crippen molar-refractivity contribution in [2.24, 2.45) is 5.92 Å². The highest BCUT2D eigenvalue weighted by Gasteiger charge is 2.16. The fraction of sp³-hybridized carbons (Fsp3) is 0.348. The SMILES string of the molecule is Cc1cc(CSc2ncccc2C(=O)NC(C)c2ccc(CC(C)C)cc2)no1. The molecular formula is C23H27N3O2S. The lowest BCUT2D eigenvalue weighted by molar-refractivity contribution is 0.0936. The lowest BCUT2D eigenvalue weighted by Crippen LogP contribution is -2.27. The van der Waals surface area contributed by atoms with Crippen molar-refractivity contribution in [3.8, 4) is 0 Å². The van der Waals surface area contributed by atoms with E-state index in [1.165, 1.54) is 17.3 Å². The summed E-state index contributed by atoms with van der Waals surface area (Å²) >= 11 is 1.48. The van der Waals surface area contributed by atoms with Crippen LogP contribution >= 0.6 is 11.8 Å².